The number of para-hydroxylation sites is 1. The number of nitrogens with zero attached hydrogens (tertiary/aromatic N) is 3. The summed E-state index contributed by atoms with van der Waals surface area (Å²) in [6.07, 6.45) is 0.134. The van der Waals surface area contributed by atoms with E-state index in [1.807, 2.05) is 12.1 Å². The number of anilines is 1. The maximum atomic E-state index is 13.5. The molecule has 9 heteroatoms. The number of nitrogen functional groups attached to an aromatic ring is 1. The van der Waals surface area contributed by atoms with Crippen LogP contribution < -0.4 is 5.73 Å². The first kappa shape index (κ1) is 22.1. The van der Waals surface area contributed by atoms with Gasteiger partial charge in [-0.15, -0.1) is 0 Å². The molecule has 0 saturated heterocycles. The predicted octanol–water partition coefficient (Wildman–Crippen LogP) is 3.98. The molecule has 1 amide bonds. The van der Waals surface area contributed by atoms with Crippen LogP contribution in [0.25, 0.3) is 5.69 Å². The number of carbonyl (C=O) groups excluding carboxylic acids is 1. The van der Waals surface area contributed by atoms with E-state index in [-0.39, 0.29) is 23.9 Å². The molecule has 0 saturated carbocycles. The van der Waals surface area contributed by atoms with Crippen molar-refractivity contribution in [1.29, 1.82) is 0 Å². The van der Waals surface area contributed by atoms with E-state index in [0.717, 1.165) is 11.8 Å². The minimum absolute atomic E-state index is 0.0702. The Morgan fingerprint density at radius 3 is 2.03 bits per heavy atom. The van der Waals surface area contributed by atoms with Gasteiger partial charge in [0.2, 0.25) is 0 Å². The molecule has 2 N–H and O–H groups in total. The van der Waals surface area contributed by atoms with Crippen LogP contribution in [0.4, 0.5) is 10.6 Å². The van der Waals surface area contributed by atoms with Crippen LogP contribution in [0, 0.1) is 0 Å². The van der Waals surface area contributed by atoms with Crippen LogP contribution in [-0.2, 0) is 27.9 Å². The maximum Gasteiger partial charge on any atom is 0.424 e. The van der Waals surface area contributed by atoms with E-state index in [9.17, 15) is 13.2 Å². The van der Waals surface area contributed by atoms with Crippen molar-refractivity contribution in [2.45, 2.75) is 18.0 Å². The van der Waals surface area contributed by atoms with Gasteiger partial charge in [0.05, 0.1) is 18.4 Å². The second kappa shape index (κ2) is 9.58. The third kappa shape index (κ3) is 4.88. The lowest BCUT2D eigenvalue weighted by molar-refractivity contribution is 0.117. The Labute approximate surface area is 191 Å². The third-order valence-electron chi connectivity index (χ3n) is 4.92. The van der Waals surface area contributed by atoms with Gasteiger partial charge in [0.25, 0.3) is 10.0 Å². The number of sulfonamides is 1. The number of hydrogen-bond acceptors (Lipinski definition) is 6. The number of hydrogen-bond donors (Lipinski definition) is 1. The van der Waals surface area contributed by atoms with Gasteiger partial charge >= 0.3 is 6.09 Å². The molecule has 0 aliphatic carbocycles. The standard InChI is InChI=1S/C24H22N4O4S/c25-23-22(16-26-28(23)21-14-8-3-9-15-21)33(30,31)27(17-19-10-4-1-5-11-19)24(29)32-18-20-12-6-2-7-13-20/h1-16H,17-18,25H2. The zero-order valence-electron chi connectivity index (χ0n) is 17.6. The number of aromatic nitrogens is 2. The van der Waals surface area contributed by atoms with E-state index < -0.39 is 16.1 Å². The fraction of sp³-hybridized carbons (Fsp3) is 0.0833. The van der Waals surface area contributed by atoms with Gasteiger partial charge in [0.1, 0.15) is 17.3 Å². The molecule has 0 spiro atoms. The molecule has 0 fully saturated rings. The van der Waals surface area contributed by atoms with Crippen LogP contribution in [0.15, 0.2) is 102 Å². The van der Waals surface area contributed by atoms with Crippen LogP contribution in [0.1, 0.15) is 11.1 Å². The number of benzene rings is 3. The van der Waals surface area contributed by atoms with Gasteiger partial charge in [0.15, 0.2) is 0 Å². The number of rotatable bonds is 7. The summed E-state index contributed by atoms with van der Waals surface area (Å²) < 4.78 is 34.4. The second-order valence-corrected chi connectivity index (χ2v) is 9.01. The summed E-state index contributed by atoms with van der Waals surface area (Å²) >= 11 is 0. The zero-order valence-corrected chi connectivity index (χ0v) is 18.4. The smallest absolute Gasteiger partial charge is 0.424 e. The molecule has 0 unspecified atom stereocenters. The Bertz CT molecular complexity index is 1320. The van der Waals surface area contributed by atoms with Crippen LogP contribution in [0.5, 0.6) is 0 Å². The van der Waals surface area contributed by atoms with E-state index in [1.165, 1.54) is 4.68 Å². The van der Waals surface area contributed by atoms with Gasteiger partial charge < -0.3 is 10.5 Å². The number of amides is 1. The quantitative estimate of drug-likeness (QED) is 0.445. The highest BCUT2D eigenvalue weighted by atomic mass is 32.2. The summed E-state index contributed by atoms with van der Waals surface area (Å²) in [4.78, 5) is 12.7. The summed E-state index contributed by atoms with van der Waals surface area (Å²) in [5.74, 6) is -0.102. The Balaban J connectivity index is 1.67. The van der Waals surface area contributed by atoms with Crippen molar-refractivity contribution in [2.75, 3.05) is 5.73 Å². The van der Waals surface area contributed by atoms with Gasteiger partial charge in [-0.1, -0.05) is 78.9 Å². The number of ether oxygens (including phenoxy) is 1. The largest absolute Gasteiger partial charge is 0.444 e. The highest BCUT2D eigenvalue weighted by Crippen LogP contribution is 2.26. The zero-order chi connectivity index (χ0) is 23.3. The molecule has 0 aliphatic heterocycles. The minimum atomic E-state index is -4.37. The monoisotopic (exact) mass is 462 g/mol. The van der Waals surface area contributed by atoms with Crippen molar-refractivity contribution >= 4 is 21.9 Å². The summed E-state index contributed by atoms with van der Waals surface area (Å²) in [6, 6.07) is 26.7. The Morgan fingerprint density at radius 2 is 1.42 bits per heavy atom. The molecule has 4 rings (SSSR count). The molecule has 168 valence electrons. The normalized spacial score (nSPS) is 11.2. The summed E-state index contributed by atoms with van der Waals surface area (Å²) in [6.45, 7) is -0.286. The van der Waals surface area contributed by atoms with Gasteiger partial charge in [0, 0.05) is 0 Å². The molecular weight excluding hydrogens is 440 g/mol. The molecule has 0 atom stereocenters. The fourth-order valence-corrected chi connectivity index (χ4v) is 4.56. The first-order chi connectivity index (χ1) is 16.0. The molecule has 1 aromatic heterocycles. The second-order valence-electron chi connectivity index (χ2n) is 7.18. The average Bonchev–Trinajstić information content (AvgIpc) is 3.25. The van der Waals surface area contributed by atoms with E-state index >= 15 is 0 Å². The van der Waals surface area contributed by atoms with Crippen molar-refractivity contribution in [3.63, 3.8) is 0 Å². The molecular formula is C24H22N4O4S. The van der Waals surface area contributed by atoms with Crippen molar-refractivity contribution in [3.05, 3.63) is 108 Å². The van der Waals surface area contributed by atoms with Gasteiger partial charge in [-0.05, 0) is 23.3 Å². The van der Waals surface area contributed by atoms with E-state index in [4.69, 9.17) is 10.5 Å². The van der Waals surface area contributed by atoms with Crippen LogP contribution in [0.3, 0.4) is 0 Å². The molecule has 4 aromatic rings. The van der Waals surface area contributed by atoms with Crippen molar-refractivity contribution in [2.24, 2.45) is 0 Å². The van der Waals surface area contributed by atoms with Crippen LogP contribution in [0.2, 0.25) is 0 Å². The fourth-order valence-electron chi connectivity index (χ4n) is 3.22. The molecule has 0 aliphatic rings. The summed E-state index contributed by atoms with van der Waals surface area (Å²) in [7, 11) is -4.37. The first-order valence-electron chi connectivity index (χ1n) is 10.1. The van der Waals surface area contributed by atoms with Crippen molar-refractivity contribution in [1.82, 2.24) is 14.1 Å². The highest BCUT2D eigenvalue weighted by Gasteiger charge is 2.34. The SMILES string of the molecule is Nc1c(S(=O)(=O)N(Cc2ccccc2)C(=O)OCc2ccccc2)cnn1-c1ccccc1. The first-order valence-corrected chi connectivity index (χ1v) is 11.6. The van der Waals surface area contributed by atoms with Gasteiger partial charge in [-0.25, -0.2) is 17.9 Å². The molecule has 0 bridgehead atoms. The van der Waals surface area contributed by atoms with Crippen LogP contribution >= 0.6 is 0 Å². The lowest BCUT2D eigenvalue weighted by Crippen LogP contribution is -2.37. The van der Waals surface area contributed by atoms with E-state index in [0.29, 0.717) is 15.6 Å². The molecule has 33 heavy (non-hydrogen) atoms. The number of carbonyl (C=O) groups is 1. The Kier molecular flexibility index (Phi) is 6.41. The average molecular weight is 463 g/mol. The van der Waals surface area contributed by atoms with Gasteiger partial charge in [-0.3, -0.25) is 0 Å². The van der Waals surface area contributed by atoms with Crippen LogP contribution in [-0.4, -0.2) is 28.6 Å². The lowest BCUT2D eigenvalue weighted by atomic mass is 10.2. The van der Waals surface area contributed by atoms with E-state index in [2.05, 4.69) is 5.10 Å². The molecule has 3 aromatic carbocycles. The van der Waals surface area contributed by atoms with E-state index in [1.54, 1.807) is 78.9 Å². The summed E-state index contributed by atoms with van der Waals surface area (Å²) in [5, 5.41) is 4.13. The highest BCUT2D eigenvalue weighted by molar-refractivity contribution is 7.89. The summed E-state index contributed by atoms with van der Waals surface area (Å²) in [5.41, 5.74) is 8.11. The lowest BCUT2D eigenvalue weighted by Gasteiger charge is -2.22. The van der Waals surface area contributed by atoms with Crippen molar-refractivity contribution in [3.8, 4) is 5.69 Å². The molecule has 1 heterocycles. The Hall–Kier alpha value is -4.11. The third-order valence-corrected chi connectivity index (χ3v) is 6.65. The maximum absolute atomic E-state index is 13.5. The predicted molar refractivity (Wildman–Crippen MR) is 124 cm³/mol. The minimum Gasteiger partial charge on any atom is -0.444 e. The van der Waals surface area contributed by atoms with Gasteiger partial charge in [-0.2, -0.15) is 9.40 Å². The Morgan fingerprint density at radius 1 is 0.879 bits per heavy atom. The molecule has 8 nitrogen and oxygen atoms in total. The van der Waals surface area contributed by atoms with Crippen molar-refractivity contribution < 1.29 is 17.9 Å². The number of nitrogens with two attached hydrogens (primary N) is 1. The molecule has 0 radical (unpaired) electrons. The topological polar surface area (TPSA) is 108 Å².